The van der Waals surface area contributed by atoms with Crippen LogP contribution in [0.1, 0.15) is 15.9 Å². The largest absolute Gasteiger partial charge is 0.348 e. The molecular weight excluding hydrogens is 371 g/mol. The molecule has 0 unspecified atom stereocenters. The fourth-order valence-electron chi connectivity index (χ4n) is 2.07. The van der Waals surface area contributed by atoms with Crippen molar-refractivity contribution in [3.63, 3.8) is 0 Å². The summed E-state index contributed by atoms with van der Waals surface area (Å²) in [6.07, 6.45) is 3.51. The Morgan fingerprint density at radius 2 is 1.75 bits per heavy atom. The molecule has 0 aliphatic rings. The molecule has 24 heavy (non-hydrogen) atoms. The summed E-state index contributed by atoms with van der Waals surface area (Å²) in [5.41, 5.74) is 2.08. The number of halogens is 3. The molecule has 0 aliphatic carbocycles. The second-order valence-electron chi connectivity index (χ2n) is 4.95. The highest BCUT2D eigenvalue weighted by Gasteiger charge is 2.09. The van der Waals surface area contributed by atoms with Crippen molar-refractivity contribution in [2.24, 2.45) is 0 Å². The Kier molecular flexibility index (Phi) is 5.04. The zero-order valence-electron chi connectivity index (χ0n) is 12.2. The van der Waals surface area contributed by atoms with E-state index in [9.17, 15) is 4.79 Å². The molecule has 0 atom stereocenters. The van der Waals surface area contributed by atoms with Crippen molar-refractivity contribution in [2.75, 3.05) is 0 Å². The predicted molar refractivity (Wildman–Crippen MR) is 94.0 cm³/mol. The van der Waals surface area contributed by atoms with Crippen molar-refractivity contribution in [1.82, 2.24) is 20.1 Å². The smallest absolute Gasteiger partial charge is 0.251 e. The van der Waals surface area contributed by atoms with Gasteiger partial charge in [0, 0.05) is 28.9 Å². The Morgan fingerprint density at radius 3 is 2.42 bits per heavy atom. The molecule has 0 fully saturated rings. The second kappa shape index (κ2) is 7.21. The summed E-state index contributed by atoms with van der Waals surface area (Å²) in [7, 11) is 0. The van der Waals surface area contributed by atoms with E-state index in [-0.39, 0.29) is 16.2 Å². The van der Waals surface area contributed by atoms with Crippen molar-refractivity contribution in [3.05, 3.63) is 75.2 Å². The number of hydrogen-bond acceptors (Lipinski definition) is 3. The molecule has 3 aromatic rings. The third kappa shape index (κ3) is 4.06. The number of nitrogens with one attached hydrogen (secondary N) is 1. The first-order valence-electron chi connectivity index (χ1n) is 6.92. The van der Waals surface area contributed by atoms with E-state index >= 15 is 0 Å². The number of carbonyl (C=O) groups is 1. The zero-order valence-corrected chi connectivity index (χ0v) is 14.5. The van der Waals surface area contributed by atoms with Crippen LogP contribution in [-0.2, 0) is 6.54 Å². The molecule has 0 saturated heterocycles. The van der Waals surface area contributed by atoms with Gasteiger partial charge in [0.15, 0.2) is 0 Å². The van der Waals surface area contributed by atoms with E-state index in [1.807, 2.05) is 18.3 Å². The molecule has 0 bridgehead atoms. The fraction of sp³-hybridized carbons (Fsp3) is 0.0625. The van der Waals surface area contributed by atoms with E-state index in [2.05, 4.69) is 15.4 Å². The van der Waals surface area contributed by atoms with Crippen molar-refractivity contribution in [2.45, 2.75) is 6.54 Å². The molecule has 0 spiro atoms. The molecule has 1 N–H and O–H groups in total. The Labute approximate surface area is 153 Å². The minimum absolute atomic E-state index is 0.170. The average Bonchev–Trinajstić information content (AvgIpc) is 3.01. The Bertz CT molecular complexity index is 857. The van der Waals surface area contributed by atoms with Crippen LogP contribution in [0.2, 0.25) is 15.3 Å². The lowest BCUT2D eigenvalue weighted by Crippen LogP contribution is -2.22. The van der Waals surface area contributed by atoms with Crippen LogP contribution in [0, 0.1) is 0 Å². The van der Waals surface area contributed by atoms with E-state index < -0.39 is 0 Å². The highest BCUT2D eigenvalue weighted by molar-refractivity contribution is 6.33. The predicted octanol–water partition coefficient (Wildman–Crippen LogP) is 4.16. The third-order valence-electron chi connectivity index (χ3n) is 3.21. The highest BCUT2D eigenvalue weighted by Crippen LogP contribution is 2.15. The van der Waals surface area contributed by atoms with Gasteiger partial charge in [-0.3, -0.25) is 4.79 Å². The van der Waals surface area contributed by atoms with Crippen LogP contribution >= 0.6 is 34.8 Å². The minimum atomic E-state index is -0.291. The molecular formula is C16H11Cl3N4O. The maximum absolute atomic E-state index is 12.1. The lowest BCUT2D eigenvalue weighted by Gasteiger charge is -2.04. The summed E-state index contributed by atoms with van der Waals surface area (Å²) >= 11 is 17.5. The monoisotopic (exact) mass is 380 g/mol. The molecule has 8 heteroatoms. The number of benzene rings is 1. The molecule has 1 amide bonds. The average molecular weight is 382 g/mol. The SMILES string of the molecule is O=C(NCc1cnn(-c2ccc(Cl)cc2)c1)c1cc(Cl)nc(Cl)c1. The van der Waals surface area contributed by atoms with Crippen molar-refractivity contribution < 1.29 is 4.79 Å². The van der Waals surface area contributed by atoms with Gasteiger partial charge >= 0.3 is 0 Å². The van der Waals surface area contributed by atoms with E-state index in [0.29, 0.717) is 17.1 Å². The van der Waals surface area contributed by atoms with Crippen LogP contribution in [-0.4, -0.2) is 20.7 Å². The zero-order chi connectivity index (χ0) is 17.1. The number of hydrogen-bond donors (Lipinski definition) is 1. The van der Waals surface area contributed by atoms with E-state index in [0.717, 1.165) is 11.3 Å². The Morgan fingerprint density at radius 1 is 1.08 bits per heavy atom. The van der Waals surface area contributed by atoms with Gasteiger partial charge in [-0.2, -0.15) is 5.10 Å². The van der Waals surface area contributed by atoms with Gasteiger partial charge in [0.2, 0.25) is 0 Å². The molecule has 1 aromatic carbocycles. The summed E-state index contributed by atoms with van der Waals surface area (Å²) < 4.78 is 1.71. The molecule has 2 heterocycles. The van der Waals surface area contributed by atoms with Crippen molar-refractivity contribution in [1.29, 1.82) is 0 Å². The maximum atomic E-state index is 12.1. The third-order valence-corrected chi connectivity index (χ3v) is 3.84. The lowest BCUT2D eigenvalue weighted by atomic mass is 10.2. The molecule has 2 aromatic heterocycles. The van der Waals surface area contributed by atoms with E-state index in [1.165, 1.54) is 12.1 Å². The Hall–Kier alpha value is -2.08. The molecule has 0 radical (unpaired) electrons. The highest BCUT2D eigenvalue weighted by atomic mass is 35.5. The summed E-state index contributed by atoms with van der Waals surface area (Å²) in [5.74, 6) is -0.291. The van der Waals surface area contributed by atoms with Crippen LogP contribution in [0.15, 0.2) is 48.8 Å². The van der Waals surface area contributed by atoms with Crippen LogP contribution in [0.3, 0.4) is 0 Å². The van der Waals surface area contributed by atoms with Gasteiger partial charge in [0.25, 0.3) is 5.91 Å². The van der Waals surface area contributed by atoms with Crippen LogP contribution in [0.25, 0.3) is 5.69 Å². The van der Waals surface area contributed by atoms with Gasteiger partial charge in [-0.15, -0.1) is 0 Å². The number of rotatable bonds is 4. The van der Waals surface area contributed by atoms with Gasteiger partial charge in [-0.1, -0.05) is 34.8 Å². The maximum Gasteiger partial charge on any atom is 0.251 e. The van der Waals surface area contributed by atoms with E-state index in [1.54, 1.807) is 23.0 Å². The number of nitrogens with zero attached hydrogens (tertiary/aromatic N) is 3. The van der Waals surface area contributed by atoms with Crippen LogP contribution in [0.5, 0.6) is 0 Å². The molecule has 3 rings (SSSR count). The Balaban J connectivity index is 1.67. The van der Waals surface area contributed by atoms with Crippen LogP contribution < -0.4 is 5.32 Å². The molecule has 122 valence electrons. The van der Waals surface area contributed by atoms with E-state index in [4.69, 9.17) is 34.8 Å². The summed E-state index contributed by atoms with van der Waals surface area (Å²) in [4.78, 5) is 15.9. The van der Waals surface area contributed by atoms with Crippen LogP contribution in [0.4, 0.5) is 0 Å². The van der Waals surface area contributed by atoms with Gasteiger partial charge in [-0.25, -0.2) is 9.67 Å². The summed E-state index contributed by atoms with van der Waals surface area (Å²) in [5, 5.41) is 8.05. The fourth-order valence-corrected chi connectivity index (χ4v) is 2.65. The number of pyridine rings is 1. The quantitative estimate of drug-likeness (QED) is 0.690. The van der Waals surface area contributed by atoms with Gasteiger partial charge in [-0.05, 0) is 36.4 Å². The normalized spacial score (nSPS) is 10.6. The molecule has 5 nitrogen and oxygen atoms in total. The number of amides is 1. The number of aromatic nitrogens is 3. The van der Waals surface area contributed by atoms with Gasteiger partial charge in [0.1, 0.15) is 10.3 Å². The molecule has 0 aliphatic heterocycles. The van der Waals surface area contributed by atoms with Gasteiger partial charge in [0.05, 0.1) is 11.9 Å². The summed E-state index contributed by atoms with van der Waals surface area (Å²) in [6, 6.07) is 10.2. The standard InChI is InChI=1S/C16H11Cl3N4O/c17-12-1-3-13(4-2-12)23-9-10(8-21-23)7-20-16(24)11-5-14(18)22-15(19)6-11/h1-6,8-9H,7H2,(H,20,24). The first-order valence-corrected chi connectivity index (χ1v) is 8.05. The summed E-state index contributed by atoms with van der Waals surface area (Å²) in [6.45, 7) is 0.323. The first kappa shape index (κ1) is 16.8. The van der Waals surface area contributed by atoms with Crippen molar-refractivity contribution in [3.8, 4) is 5.69 Å². The first-order chi connectivity index (χ1) is 11.5. The second-order valence-corrected chi connectivity index (χ2v) is 6.16. The minimum Gasteiger partial charge on any atom is -0.348 e. The molecule has 0 saturated carbocycles. The lowest BCUT2D eigenvalue weighted by molar-refractivity contribution is 0.0951. The topological polar surface area (TPSA) is 59.8 Å². The van der Waals surface area contributed by atoms with Gasteiger partial charge < -0.3 is 5.32 Å². The van der Waals surface area contributed by atoms with Crippen molar-refractivity contribution >= 4 is 40.7 Å². The number of carbonyl (C=O) groups excluding carboxylic acids is 1.